The maximum Gasteiger partial charge on any atom is 0.411 e. The lowest BCUT2D eigenvalue weighted by molar-refractivity contribution is -0.145. The van der Waals surface area contributed by atoms with Gasteiger partial charge in [0, 0.05) is 18.9 Å². The Morgan fingerprint density at radius 3 is 2.43 bits per heavy atom. The van der Waals surface area contributed by atoms with Gasteiger partial charge in [-0.15, -0.1) is 0 Å². The van der Waals surface area contributed by atoms with Gasteiger partial charge in [0.2, 0.25) is 5.88 Å². The summed E-state index contributed by atoms with van der Waals surface area (Å²) >= 11 is 0. The molecule has 2 N–H and O–H groups in total. The Bertz CT molecular complexity index is 1620. The molecule has 0 bridgehead atoms. The van der Waals surface area contributed by atoms with Crippen molar-refractivity contribution in [2.45, 2.75) is 104 Å². The fourth-order valence-electron chi connectivity index (χ4n) is 5.44. The number of amides is 2. The van der Waals surface area contributed by atoms with E-state index in [2.05, 4.69) is 27.1 Å². The van der Waals surface area contributed by atoms with Crippen LogP contribution in [0.3, 0.4) is 0 Å². The number of fused-ring (bicyclic) bond motifs is 1. The van der Waals surface area contributed by atoms with E-state index >= 15 is 0 Å². The number of nitrogens with one attached hydrogen (secondary N) is 1. The lowest BCUT2D eigenvalue weighted by Gasteiger charge is -2.27. The third-order valence-corrected chi connectivity index (χ3v) is 8.06. The summed E-state index contributed by atoms with van der Waals surface area (Å²) in [6.07, 6.45) is 0.652. The zero-order chi connectivity index (χ0) is 36.1. The van der Waals surface area contributed by atoms with Crippen LogP contribution < -0.4 is 14.8 Å². The van der Waals surface area contributed by atoms with Crippen LogP contribution in [0.25, 0.3) is 11.0 Å². The number of esters is 1. The normalized spacial score (nSPS) is 20.8. The average Bonchev–Trinajstić information content (AvgIpc) is 3.60. The average molecular weight is 683 g/mol. The second-order valence-corrected chi connectivity index (χ2v) is 14.3. The van der Waals surface area contributed by atoms with Crippen molar-refractivity contribution in [3.8, 4) is 23.5 Å². The maximum absolute atomic E-state index is 13.0. The number of hydrogen-bond acceptors (Lipinski definition) is 11. The number of methoxy groups -OCH3 is 2. The number of nitrogens with zero attached hydrogens (tertiary/aromatic N) is 3. The van der Waals surface area contributed by atoms with E-state index < -0.39 is 53.3 Å². The lowest BCUT2D eigenvalue weighted by Crippen LogP contribution is -2.49. The van der Waals surface area contributed by atoms with Gasteiger partial charge in [-0.3, -0.25) is 4.90 Å². The topological polar surface area (TPSA) is 176 Å². The van der Waals surface area contributed by atoms with E-state index in [4.69, 9.17) is 23.7 Å². The summed E-state index contributed by atoms with van der Waals surface area (Å²) in [5, 5.41) is 11.9. The molecular formula is C35H46N4O10. The first-order chi connectivity index (χ1) is 23.0. The standard InChI is InChI=1S/C35H46N4O10/c1-34(2,3)28(30(40)41)38-32(43)48-27-16-20(27)12-10-9-11-13-24-29(37-25-17-21(45-7)14-15-23(25)36-24)47-22-18-26(31(42)46-8)39(19-22)33(44)49-35(4,5)6/h14-15,17,20,22,26-28H,9-10,12,16,18-19H2,1-8H3,(H,38,43)(H,40,41)/t20-,22-,26+,27-,28-/m1/s1. The Labute approximate surface area is 286 Å². The van der Waals surface area contributed by atoms with E-state index in [0.29, 0.717) is 35.3 Å². The molecule has 2 amide bonds. The quantitative estimate of drug-likeness (QED) is 0.153. The molecule has 14 nitrogen and oxygen atoms in total. The minimum Gasteiger partial charge on any atom is -0.497 e. The third-order valence-electron chi connectivity index (χ3n) is 8.06. The number of alkyl carbamates (subject to hydrolysis) is 1. The number of carboxylic acid groups (broad SMARTS) is 1. The fraction of sp³-hybridized carbons (Fsp3) is 0.600. The summed E-state index contributed by atoms with van der Waals surface area (Å²) in [7, 11) is 2.81. The molecule has 1 aliphatic heterocycles. The van der Waals surface area contributed by atoms with Crippen molar-refractivity contribution in [1.29, 1.82) is 0 Å². The highest BCUT2D eigenvalue weighted by Gasteiger charge is 2.44. The second-order valence-electron chi connectivity index (χ2n) is 14.3. The van der Waals surface area contributed by atoms with Crippen LogP contribution in [0, 0.1) is 23.2 Å². The van der Waals surface area contributed by atoms with E-state index in [0.717, 1.165) is 12.8 Å². The van der Waals surface area contributed by atoms with Gasteiger partial charge in [0.05, 0.1) is 31.8 Å². The molecule has 0 radical (unpaired) electrons. The maximum atomic E-state index is 13.0. The first-order valence-corrected chi connectivity index (χ1v) is 16.3. The Morgan fingerprint density at radius 1 is 1.06 bits per heavy atom. The highest BCUT2D eigenvalue weighted by molar-refractivity contribution is 5.83. The number of aliphatic carboxylic acids is 1. The number of benzene rings is 1. The van der Waals surface area contributed by atoms with Crippen molar-refractivity contribution >= 4 is 35.2 Å². The predicted octanol–water partition coefficient (Wildman–Crippen LogP) is 4.70. The van der Waals surface area contributed by atoms with Gasteiger partial charge in [-0.2, -0.15) is 0 Å². The van der Waals surface area contributed by atoms with Crippen molar-refractivity contribution in [2.75, 3.05) is 20.8 Å². The molecule has 1 saturated heterocycles. The van der Waals surface area contributed by atoms with Gasteiger partial charge in [0.25, 0.3) is 0 Å². The smallest absolute Gasteiger partial charge is 0.411 e. The van der Waals surface area contributed by atoms with Crippen LogP contribution in [0.15, 0.2) is 18.2 Å². The Hall–Kier alpha value is -4.80. The van der Waals surface area contributed by atoms with Crippen LogP contribution in [-0.4, -0.2) is 94.8 Å². The number of hydrogen-bond donors (Lipinski definition) is 2. The summed E-state index contributed by atoms with van der Waals surface area (Å²) in [6.45, 7) is 10.5. The largest absolute Gasteiger partial charge is 0.497 e. The molecule has 0 unspecified atom stereocenters. The number of ether oxygens (including phenoxy) is 5. The van der Waals surface area contributed by atoms with Crippen LogP contribution in [-0.2, 0) is 23.8 Å². The molecule has 1 saturated carbocycles. The summed E-state index contributed by atoms with van der Waals surface area (Å²) in [4.78, 5) is 60.1. The van der Waals surface area contributed by atoms with Gasteiger partial charge in [0.15, 0.2) is 5.69 Å². The summed E-state index contributed by atoms with van der Waals surface area (Å²) in [5.41, 5.74) is -0.0174. The monoisotopic (exact) mass is 682 g/mol. The molecule has 49 heavy (non-hydrogen) atoms. The van der Waals surface area contributed by atoms with E-state index in [-0.39, 0.29) is 30.9 Å². The number of carboxylic acids is 1. The first-order valence-electron chi connectivity index (χ1n) is 16.3. The molecule has 14 heteroatoms. The molecule has 2 heterocycles. The van der Waals surface area contributed by atoms with Gasteiger partial charge >= 0.3 is 24.1 Å². The molecule has 1 aromatic heterocycles. The summed E-state index contributed by atoms with van der Waals surface area (Å²) < 4.78 is 27.5. The Balaban J connectivity index is 1.41. The number of unbranched alkanes of at least 4 members (excludes halogenated alkanes) is 1. The summed E-state index contributed by atoms with van der Waals surface area (Å²) in [5.74, 6) is 5.44. The van der Waals surface area contributed by atoms with Crippen molar-refractivity contribution in [1.82, 2.24) is 20.2 Å². The molecule has 1 aromatic carbocycles. The van der Waals surface area contributed by atoms with Crippen molar-refractivity contribution in [2.24, 2.45) is 11.3 Å². The first kappa shape index (κ1) is 37.0. The van der Waals surface area contributed by atoms with Crippen LogP contribution in [0.4, 0.5) is 9.59 Å². The molecular weight excluding hydrogens is 636 g/mol. The van der Waals surface area contributed by atoms with E-state index in [1.807, 2.05) is 0 Å². The van der Waals surface area contributed by atoms with Crippen LogP contribution >= 0.6 is 0 Å². The molecule has 2 aromatic rings. The number of carbonyl (C=O) groups excluding carboxylic acids is 3. The van der Waals surface area contributed by atoms with Crippen LogP contribution in [0.2, 0.25) is 0 Å². The van der Waals surface area contributed by atoms with E-state index in [1.54, 1.807) is 66.9 Å². The zero-order valence-electron chi connectivity index (χ0n) is 29.3. The van der Waals surface area contributed by atoms with Crippen molar-refractivity contribution < 1.29 is 48.0 Å². The zero-order valence-corrected chi connectivity index (χ0v) is 29.3. The molecule has 5 atom stereocenters. The van der Waals surface area contributed by atoms with Gasteiger partial charge in [-0.25, -0.2) is 29.1 Å². The molecule has 2 fully saturated rings. The SMILES string of the molecule is COC(=O)[C@@H]1C[C@@H](Oc2nc3cc(OC)ccc3nc2C#CCCC[C@@H]2C[C@H]2OC(=O)N[C@H](C(=O)O)C(C)(C)C)CN1C(=O)OC(C)(C)C. The van der Waals surface area contributed by atoms with E-state index in [9.17, 15) is 24.3 Å². The number of likely N-dealkylation sites (tertiary alicyclic amines) is 1. The lowest BCUT2D eigenvalue weighted by atomic mass is 9.87. The molecule has 0 spiro atoms. The van der Waals surface area contributed by atoms with Gasteiger partial charge in [-0.05, 0) is 69.4 Å². The third kappa shape index (κ3) is 10.1. The van der Waals surface area contributed by atoms with Gasteiger partial charge in [-0.1, -0.05) is 26.7 Å². The van der Waals surface area contributed by atoms with Crippen LogP contribution in [0.1, 0.15) is 79.3 Å². The molecule has 266 valence electrons. The van der Waals surface area contributed by atoms with Crippen molar-refractivity contribution in [3.05, 3.63) is 23.9 Å². The summed E-state index contributed by atoms with van der Waals surface area (Å²) in [6, 6.07) is 3.31. The Kier molecular flexibility index (Phi) is 11.5. The fourth-order valence-corrected chi connectivity index (χ4v) is 5.44. The molecule has 1 aliphatic carbocycles. The van der Waals surface area contributed by atoms with Gasteiger partial charge in [0.1, 0.15) is 35.6 Å². The molecule has 4 rings (SSSR count). The number of aromatic nitrogens is 2. The second kappa shape index (κ2) is 15.2. The van der Waals surface area contributed by atoms with Gasteiger partial charge < -0.3 is 34.1 Å². The van der Waals surface area contributed by atoms with E-state index in [1.165, 1.54) is 12.0 Å². The number of rotatable bonds is 10. The highest BCUT2D eigenvalue weighted by atomic mass is 16.6. The molecule has 2 aliphatic rings. The highest BCUT2D eigenvalue weighted by Crippen LogP contribution is 2.38. The number of carbonyl (C=O) groups is 4. The Morgan fingerprint density at radius 2 is 1.80 bits per heavy atom. The van der Waals surface area contributed by atoms with Crippen LogP contribution in [0.5, 0.6) is 11.6 Å². The minimum absolute atomic E-state index is 0.0647. The minimum atomic E-state index is -1.11. The predicted molar refractivity (Wildman–Crippen MR) is 177 cm³/mol. The van der Waals surface area contributed by atoms with Crippen molar-refractivity contribution in [3.63, 3.8) is 0 Å².